The van der Waals surface area contributed by atoms with Gasteiger partial charge in [0, 0.05) is 26.2 Å². The fourth-order valence-corrected chi connectivity index (χ4v) is 2.09. The van der Waals surface area contributed by atoms with Crippen molar-refractivity contribution in [3.8, 4) is 0 Å². The molecule has 4 nitrogen and oxygen atoms in total. The van der Waals surface area contributed by atoms with E-state index in [1.54, 1.807) is 13.2 Å². The summed E-state index contributed by atoms with van der Waals surface area (Å²) in [4.78, 5) is 13.6. The van der Waals surface area contributed by atoms with Gasteiger partial charge in [-0.2, -0.15) is 0 Å². The van der Waals surface area contributed by atoms with Crippen molar-refractivity contribution >= 4 is 5.97 Å². The van der Waals surface area contributed by atoms with E-state index < -0.39 is 11.8 Å². The molecule has 0 spiro atoms. The monoisotopic (exact) mass is 297 g/mol. The fraction of sp³-hybridized carbons (Fsp3) is 0.562. The zero-order valence-corrected chi connectivity index (χ0v) is 13.2. The van der Waals surface area contributed by atoms with Crippen LogP contribution in [0.4, 0.5) is 4.39 Å². The van der Waals surface area contributed by atoms with Gasteiger partial charge in [-0.15, -0.1) is 0 Å². The van der Waals surface area contributed by atoms with Crippen LogP contribution >= 0.6 is 0 Å². The summed E-state index contributed by atoms with van der Waals surface area (Å²) in [6.45, 7) is 6.29. The maximum Gasteiger partial charge on any atom is 0.340 e. The standard InChI is InChI=1S/C16H24FNO3/c1-5-12(2)18(8-9-20-3)11-13-6-7-14(15(17)10-13)16(19)21-4/h6-7,10,12H,5,8-9,11H2,1-4H3. The highest BCUT2D eigenvalue weighted by Crippen LogP contribution is 2.15. The Hall–Kier alpha value is -1.46. The molecule has 0 saturated carbocycles. The van der Waals surface area contributed by atoms with E-state index in [4.69, 9.17) is 4.74 Å². The lowest BCUT2D eigenvalue weighted by Gasteiger charge is -2.28. The molecular weight excluding hydrogens is 273 g/mol. The number of rotatable bonds is 8. The highest BCUT2D eigenvalue weighted by Gasteiger charge is 2.16. The van der Waals surface area contributed by atoms with Gasteiger partial charge in [0.15, 0.2) is 0 Å². The van der Waals surface area contributed by atoms with E-state index in [0.29, 0.717) is 19.2 Å². The number of hydrogen-bond donors (Lipinski definition) is 0. The lowest BCUT2D eigenvalue weighted by molar-refractivity contribution is 0.0595. The highest BCUT2D eigenvalue weighted by atomic mass is 19.1. The Labute approximate surface area is 125 Å². The van der Waals surface area contributed by atoms with Crippen molar-refractivity contribution in [2.45, 2.75) is 32.9 Å². The van der Waals surface area contributed by atoms with E-state index >= 15 is 0 Å². The zero-order valence-electron chi connectivity index (χ0n) is 13.2. The molecule has 0 amide bonds. The molecule has 0 N–H and O–H groups in total. The van der Waals surface area contributed by atoms with Crippen LogP contribution < -0.4 is 0 Å². The summed E-state index contributed by atoms with van der Waals surface area (Å²) in [6.07, 6.45) is 1.01. The molecule has 1 aromatic rings. The van der Waals surface area contributed by atoms with Gasteiger partial charge >= 0.3 is 5.97 Å². The first kappa shape index (κ1) is 17.6. The Morgan fingerprint density at radius 1 is 1.38 bits per heavy atom. The second-order valence-corrected chi connectivity index (χ2v) is 5.03. The Morgan fingerprint density at radius 2 is 2.10 bits per heavy atom. The first-order valence-corrected chi connectivity index (χ1v) is 7.13. The van der Waals surface area contributed by atoms with Crippen LogP contribution in [0.2, 0.25) is 0 Å². The lowest BCUT2D eigenvalue weighted by atomic mass is 10.1. The van der Waals surface area contributed by atoms with Crippen molar-refractivity contribution in [1.29, 1.82) is 0 Å². The molecule has 0 aliphatic carbocycles. The number of carbonyl (C=O) groups excluding carboxylic acids is 1. The number of esters is 1. The molecule has 1 rings (SSSR count). The molecule has 0 aromatic heterocycles. The summed E-state index contributed by atoms with van der Waals surface area (Å²) in [5, 5.41) is 0. The van der Waals surface area contributed by atoms with Crippen molar-refractivity contribution in [2.24, 2.45) is 0 Å². The number of methoxy groups -OCH3 is 2. The van der Waals surface area contributed by atoms with Crippen LogP contribution in [-0.2, 0) is 16.0 Å². The van der Waals surface area contributed by atoms with Gasteiger partial charge in [0.05, 0.1) is 19.3 Å². The number of ether oxygens (including phenoxy) is 2. The van der Waals surface area contributed by atoms with Crippen molar-refractivity contribution in [3.63, 3.8) is 0 Å². The van der Waals surface area contributed by atoms with Crippen LogP contribution in [0, 0.1) is 5.82 Å². The Kier molecular flexibility index (Phi) is 7.32. The Bertz CT molecular complexity index is 465. The van der Waals surface area contributed by atoms with Crippen LogP contribution in [0.15, 0.2) is 18.2 Å². The highest BCUT2D eigenvalue weighted by molar-refractivity contribution is 5.89. The minimum Gasteiger partial charge on any atom is -0.465 e. The SMILES string of the molecule is CCC(C)N(CCOC)Cc1ccc(C(=O)OC)c(F)c1. The van der Waals surface area contributed by atoms with Gasteiger partial charge in [0.25, 0.3) is 0 Å². The third-order valence-corrected chi connectivity index (χ3v) is 3.62. The van der Waals surface area contributed by atoms with Gasteiger partial charge < -0.3 is 9.47 Å². The van der Waals surface area contributed by atoms with Gasteiger partial charge in [-0.25, -0.2) is 9.18 Å². The maximum absolute atomic E-state index is 13.9. The molecule has 0 bridgehead atoms. The first-order valence-electron chi connectivity index (χ1n) is 7.13. The number of nitrogens with zero attached hydrogens (tertiary/aromatic N) is 1. The summed E-state index contributed by atoms with van der Waals surface area (Å²) in [7, 11) is 2.91. The van der Waals surface area contributed by atoms with Crippen molar-refractivity contribution in [2.75, 3.05) is 27.4 Å². The zero-order chi connectivity index (χ0) is 15.8. The molecular formula is C16H24FNO3. The van der Waals surface area contributed by atoms with Crippen LogP contribution in [0.25, 0.3) is 0 Å². The predicted molar refractivity (Wildman–Crippen MR) is 79.8 cm³/mol. The van der Waals surface area contributed by atoms with Crippen molar-refractivity contribution in [3.05, 3.63) is 35.1 Å². The van der Waals surface area contributed by atoms with Gasteiger partial charge in [0.2, 0.25) is 0 Å². The molecule has 21 heavy (non-hydrogen) atoms. The summed E-state index contributed by atoms with van der Waals surface area (Å²) < 4.78 is 23.6. The van der Waals surface area contributed by atoms with Crippen LogP contribution in [0.1, 0.15) is 36.2 Å². The maximum atomic E-state index is 13.9. The second kappa shape index (κ2) is 8.74. The molecule has 5 heteroatoms. The lowest BCUT2D eigenvalue weighted by Crippen LogP contribution is -2.34. The van der Waals surface area contributed by atoms with Gasteiger partial charge in [-0.1, -0.05) is 13.0 Å². The number of carbonyl (C=O) groups is 1. The van der Waals surface area contributed by atoms with Crippen LogP contribution in [0.5, 0.6) is 0 Å². The molecule has 0 fully saturated rings. The molecule has 0 radical (unpaired) electrons. The van der Waals surface area contributed by atoms with E-state index in [0.717, 1.165) is 18.5 Å². The Balaban J connectivity index is 2.84. The molecule has 0 aliphatic heterocycles. The molecule has 0 heterocycles. The van der Waals surface area contributed by atoms with Crippen molar-refractivity contribution < 1.29 is 18.7 Å². The minimum atomic E-state index is -0.655. The molecule has 1 atom stereocenters. The summed E-state index contributed by atoms with van der Waals surface area (Å²) in [5.41, 5.74) is 0.796. The first-order chi connectivity index (χ1) is 10.0. The van der Waals surface area contributed by atoms with Gasteiger partial charge in [-0.3, -0.25) is 4.90 Å². The quantitative estimate of drug-likeness (QED) is 0.692. The third kappa shape index (κ3) is 5.10. The van der Waals surface area contributed by atoms with Crippen LogP contribution in [0.3, 0.4) is 0 Å². The Morgan fingerprint density at radius 3 is 2.62 bits per heavy atom. The largest absolute Gasteiger partial charge is 0.465 e. The van der Waals surface area contributed by atoms with E-state index in [1.165, 1.54) is 19.2 Å². The fourth-order valence-electron chi connectivity index (χ4n) is 2.09. The minimum absolute atomic E-state index is 0.0340. The third-order valence-electron chi connectivity index (χ3n) is 3.62. The molecule has 1 aromatic carbocycles. The molecule has 0 saturated heterocycles. The topological polar surface area (TPSA) is 38.8 Å². The second-order valence-electron chi connectivity index (χ2n) is 5.03. The average Bonchev–Trinajstić information content (AvgIpc) is 2.50. The number of benzene rings is 1. The summed E-state index contributed by atoms with van der Waals surface area (Å²) in [5.74, 6) is -1.20. The van der Waals surface area contributed by atoms with Gasteiger partial charge in [-0.05, 0) is 31.0 Å². The molecule has 1 unspecified atom stereocenters. The van der Waals surface area contributed by atoms with Gasteiger partial charge in [0.1, 0.15) is 5.82 Å². The molecule has 118 valence electrons. The smallest absolute Gasteiger partial charge is 0.340 e. The van der Waals surface area contributed by atoms with E-state index in [-0.39, 0.29) is 5.56 Å². The number of halogens is 1. The van der Waals surface area contributed by atoms with Crippen molar-refractivity contribution in [1.82, 2.24) is 4.90 Å². The normalized spacial score (nSPS) is 12.5. The van der Waals surface area contributed by atoms with E-state index in [1.807, 2.05) is 0 Å². The van der Waals surface area contributed by atoms with E-state index in [2.05, 4.69) is 23.5 Å². The van der Waals surface area contributed by atoms with Crippen LogP contribution in [-0.4, -0.2) is 44.3 Å². The van der Waals surface area contributed by atoms with E-state index in [9.17, 15) is 9.18 Å². The summed E-state index contributed by atoms with van der Waals surface area (Å²) >= 11 is 0. The molecule has 0 aliphatic rings. The predicted octanol–water partition coefficient (Wildman–Crippen LogP) is 2.86. The average molecular weight is 297 g/mol. The summed E-state index contributed by atoms with van der Waals surface area (Å²) in [6, 6.07) is 5.01. The number of hydrogen-bond acceptors (Lipinski definition) is 4.